The summed E-state index contributed by atoms with van der Waals surface area (Å²) < 4.78 is 1.81. The molecule has 0 bridgehead atoms. The molecule has 9 heteroatoms. The summed E-state index contributed by atoms with van der Waals surface area (Å²) in [5, 5.41) is 17.0. The van der Waals surface area contributed by atoms with Crippen LogP contribution < -0.4 is 10.6 Å². The molecule has 1 aliphatic rings. The first-order valence-corrected chi connectivity index (χ1v) is 9.65. The first kappa shape index (κ1) is 18.4. The molecule has 1 atom stereocenters. The number of imide groups is 1. The summed E-state index contributed by atoms with van der Waals surface area (Å²) in [7, 11) is 0. The van der Waals surface area contributed by atoms with E-state index < -0.39 is 17.2 Å². The third-order valence-corrected chi connectivity index (χ3v) is 5.47. The molecule has 1 saturated carbocycles. The Balaban J connectivity index is 1.81. The molecule has 1 aliphatic carbocycles. The maximum atomic E-state index is 12.7. The van der Waals surface area contributed by atoms with E-state index in [0.29, 0.717) is 11.7 Å². The number of urea groups is 1. The maximum Gasteiger partial charge on any atom is 0.321 e. The van der Waals surface area contributed by atoms with E-state index in [2.05, 4.69) is 26.2 Å². The number of amides is 3. The number of hydrogen-bond donors (Lipinski definition) is 2. The SMILES string of the molecule is CCNC(=O)NC(=O)C(Sc1nnnn1C1CCCC1)c1ccccc1. The van der Waals surface area contributed by atoms with Gasteiger partial charge in [0, 0.05) is 6.54 Å². The Bertz CT molecular complexity index is 745. The Morgan fingerprint density at radius 2 is 2.00 bits per heavy atom. The normalized spacial score (nSPS) is 15.6. The molecule has 1 aromatic carbocycles. The number of nitrogens with one attached hydrogen (secondary N) is 2. The number of rotatable bonds is 6. The van der Waals surface area contributed by atoms with Crippen LogP contribution in [-0.2, 0) is 4.79 Å². The van der Waals surface area contributed by atoms with E-state index in [-0.39, 0.29) is 6.04 Å². The molecule has 8 nitrogen and oxygen atoms in total. The third-order valence-electron chi connectivity index (χ3n) is 4.27. The first-order chi connectivity index (χ1) is 12.7. The predicted molar refractivity (Wildman–Crippen MR) is 97.6 cm³/mol. The van der Waals surface area contributed by atoms with Crippen LogP contribution in [0.1, 0.15) is 49.5 Å². The zero-order chi connectivity index (χ0) is 18.4. The van der Waals surface area contributed by atoms with Crippen LogP contribution in [0.3, 0.4) is 0 Å². The Labute approximate surface area is 156 Å². The fourth-order valence-corrected chi connectivity index (χ4v) is 4.08. The number of hydrogen-bond acceptors (Lipinski definition) is 6. The van der Waals surface area contributed by atoms with Crippen LogP contribution in [0.4, 0.5) is 4.79 Å². The molecule has 0 saturated heterocycles. The van der Waals surface area contributed by atoms with Gasteiger partial charge in [0.1, 0.15) is 5.25 Å². The highest BCUT2D eigenvalue weighted by Gasteiger charge is 2.28. The van der Waals surface area contributed by atoms with Crippen LogP contribution in [0.2, 0.25) is 0 Å². The van der Waals surface area contributed by atoms with Gasteiger partial charge < -0.3 is 5.32 Å². The van der Waals surface area contributed by atoms with E-state index in [1.54, 1.807) is 6.92 Å². The lowest BCUT2D eigenvalue weighted by molar-refractivity contribution is -0.119. The highest BCUT2D eigenvalue weighted by Crippen LogP contribution is 2.37. The van der Waals surface area contributed by atoms with Gasteiger partial charge in [-0.3, -0.25) is 10.1 Å². The van der Waals surface area contributed by atoms with Crippen molar-refractivity contribution in [3.05, 3.63) is 35.9 Å². The first-order valence-electron chi connectivity index (χ1n) is 8.77. The second-order valence-corrected chi connectivity index (χ2v) is 7.17. The summed E-state index contributed by atoms with van der Waals surface area (Å²) in [6.45, 7) is 2.24. The number of aromatic nitrogens is 4. The quantitative estimate of drug-likeness (QED) is 0.753. The van der Waals surface area contributed by atoms with Gasteiger partial charge in [-0.2, -0.15) is 0 Å². The molecule has 138 valence electrons. The summed E-state index contributed by atoms with van der Waals surface area (Å²) in [5.41, 5.74) is 0.792. The van der Waals surface area contributed by atoms with E-state index in [1.807, 2.05) is 35.0 Å². The lowest BCUT2D eigenvalue weighted by Crippen LogP contribution is -2.41. The van der Waals surface area contributed by atoms with E-state index >= 15 is 0 Å². The van der Waals surface area contributed by atoms with Crippen LogP contribution in [0.25, 0.3) is 0 Å². The second-order valence-electron chi connectivity index (χ2n) is 6.10. The lowest BCUT2D eigenvalue weighted by Gasteiger charge is -2.17. The summed E-state index contributed by atoms with van der Waals surface area (Å²) in [5.74, 6) is -0.395. The minimum atomic E-state index is -0.620. The van der Waals surface area contributed by atoms with Crippen molar-refractivity contribution >= 4 is 23.7 Å². The third kappa shape index (κ3) is 4.40. The van der Waals surface area contributed by atoms with Crippen LogP contribution in [-0.4, -0.2) is 38.7 Å². The maximum absolute atomic E-state index is 12.7. The van der Waals surface area contributed by atoms with Crippen molar-refractivity contribution < 1.29 is 9.59 Å². The number of tetrazole rings is 1. The number of thioether (sulfide) groups is 1. The van der Waals surface area contributed by atoms with Crippen LogP contribution >= 0.6 is 11.8 Å². The molecule has 0 radical (unpaired) electrons. The molecular formula is C17H22N6O2S. The van der Waals surface area contributed by atoms with Crippen molar-refractivity contribution in [2.45, 2.75) is 49.1 Å². The molecule has 1 heterocycles. The van der Waals surface area contributed by atoms with Crippen molar-refractivity contribution in [1.82, 2.24) is 30.8 Å². The summed E-state index contributed by atoms with van der Waals surface area (Å²) >= 11 is 1.26. The number of carbonyl (C=O) groups is 2. The molecule has 3 amide bonds. The van der Waals surface area contributed by atoms with Gasteiger partial charge >= 0.3 is 6.03 Å². The predicted octanol–water partition coefficient (Wildman–Crippen LogP) is 2.47. The molecule has 1 aromatic heterocycles. The van der Waals surface area contributed by atoms with E-state index in [0.717, 1.165) is 31.2 Å². The smallest absolute Gasteiger partial charge is 0.321 e. The van der Waals surface area contributed by atoms with Crippen LogP contribution in [0.15, 0.2) is 35.5 Å². The van der Waals surface area contributed by atoms with Gasteiger partial charge in [-0.15, -0.1) is 5.10 Å². The van der Waals surface area contributed by atoms with Gasteiger partial charge in [-0.05, 0) is 35.8 Å². The van der Waals surface area contributed by atoms with Gasteiger partial charge in [-0.1, -0.05) is 54.9 Å². The minimum absolute atomic E-state index is 0.273. The average Bonchev–Trinajstić information content (AvgIpc) is 3.31. The number of carbonyl (C=O) groups excluding carboxylic acids is 2. The summed E-state index contributed by atoms with van der Waals surface area (Å²) in [6, 6.07) is 9.10. The standard InChI is InChI=1S/C17H22N6O2S/c1-2-18-16(25)19-15(24)14(12-8-4-3-5-9-12)26-17-20-21-22-23(17)13-10-6-7-11-13/h3-5,8-9,13-14H,2,6-7,10-11H2,1H3,(H2,18,19,24,25). The van der Waals surface area contributed by atoms with Crippen molar-refractivity contribution in [1.29, 1.82) is 0 Å². The average molecular weight is 374 g/mol. The topological polar surface area (TPSA) is 102 Å². The van der Waals surface area contributed by atoms with Crippen LogP contribution in [0.5, 0.6) is 0 Å². The molecule has 3 rings (SSSR count). The molecule has 2 N–H and O–H groups in total. The Hall–Kier alpha value is -2.42. The van der Waals surface area contributed by atoms with Crippen molar-refractivity contribution in [2.75, 3.05) is 6.54 Å². The fourth-order valence-electron chi connectivity index (χ4n) is 3.03. The zero-order valence-electron chi connectivity index (χ0n) is 14.6. The summed E-state index contributed by atoms with van der Waals surface area (Å²) in [6.07, 6.45) is 4.41. The van der Waals surface area contributed by atoms with E-state index in [9.17, 15) is 9.59 Å². The van der Waals surface area contributed by atoms with Gasteiger partial charge in [0.05, 0.1) is 6.04 Å². The van der Waals surface area contributed by atoms with Gasteiger partial charge in [0.25, 0.3) is 0 Å². The Kier molecular flexibility index (Phi) is 6.21. The Morgan fingerprint density at radius 3 is 2.69 bits per heavy atom. The zero-order valence-corrected chi connectivity index (χ0v) is 15.4. The molecule has 2 aromatic rings. The molecule has 0 aliphatic heterocycles. The lowest BCUT2D eigenvalue weighted by atomic mass is 10.1. The number of benzene rings is 1. The fraction of sp³-hybridized carbons (Fsp3) is 0.471. The molecular weight excluding hydrogens is 352 g/mol. The van der Waals surface area contributed by atoms with Gasteiger partial charge in [0.2, 0.25) is 11.1 Å². The highest BCUT2D eigenvalue weighted by atomic mass is 32.2. The van der Waals surface area contributed by atoms with Gasteiger partial charge in [0.15, 0.2) is 0 Å². The summed E-state index contributed by atoms with van der Waals surface area (Å²) in [4.78, 5) is 24.5. The van der Waals surface area contributed by atoms with Crippen molar-refractivity contribution in [2.24, 2.45) is 0 Å². The minimum Gasteiger partial charge on any atom is -0.338 e. The second kappa shape index (κ2) is 8.79. The van der Waals surface area contributed by atoms with E-state index in [4.69, 9.17) is 0 Å². The van der Waals surface area contributed by atoms with Gasteiger partial charge in [-0.25, -0.2) is 9.48 Å². The van der Waals surface area contributed by atoms with Crippen LogP contribution in [0, 0.1) is 0 Å². The highest BCUT2D eigenvalue weighted by molar-refractivity contribution is 8.00. The van der Waals surface area contributed by atoms with E-state index in [1.165, 1.54) is 11.8 Å². The molecule has 1 fully saturated rings. The molecule has 1 unspecified atom stereocenters. The number of nitrogens with zero attached hydrogens (tertiary/aromatic N) is 4. The Morgan fingerprint density at radius 1 is 1.27 bits per heavy atom. The molecule has 26 heavy (non-hydrogen) atoms. The molecule has 0 spiro atoms. The van der Waals surface area contributed by atoms with Crippen molar-refractivity contribution in [3.8, 4) is 0 Å². The van der Waals surface area contributed by atoms with Crippen molar-refractivity contribution in [3.63, 3.8) is 0 Å². The largest absolute Gasteiger partial charge is 0.338 e. The monoisotopic (exact) mass is 374 g/mol.